The van der Waals surface area contributed by atoms with Crippen molar-refractivity contribution in [2.75, 3.05) is 6.54 Å². The predicted octanol–water partition coefficient (Wildman–Crippen LogP) is -0.0410. The quantitative estimate of drug-likeness (QED) is 0.405. The van der Waals surface area contributed by atoms with Crippen LogP contribution in [0.2, 0.25) is 0 Å². The van der Waals surface area contributed by atoms with E-state index in [9.17, 15) is 14.4 Å². The molecular formula is C11H13CaNO6+2. The molecule has 0 saturated carbocycles. The van der Waals surface area contributed by atoms with Gasteiger partial charge in [-0.1, -0.05) is 12.1 Å². The minimum atomic E-state index is -1.11. The van der Waals surface area contributed by atoms with Gasteiger partial charge in [-0.25, -0.2) is 4.79 Å². The maximum Gasteiger partial charge on any atom is 2.00 e. The maximum absolute atomic E-state index is 10.6. The predicted molar refractivity (Wildman–Crippen MR) is 67.2 cm³/mol. The first-order valence-electron chi connectivity index (χ1n) is 4.81. The number of aliphatic carboxylic acids is 1. The summed E-state index contributed by atoms with van der Waals surface area (Å²) in [6.45, 7) is 0.943. The summed E-state index contributed by atoms with van der Waals surface area (Å²) in [5.41, 5.74) is 4.56. The summed E-state index contributed by atoms with van der Waals surface area (Å²) in [5, 5.41) is 16.3. The summed E-state index contributed by atoms with van der Waals surface area (Å²) in [6, 6.07) is 5.98. The van der Waals surface area contributed by atoms with Gasteiger partial charge in [0, 0.05) is 6.92 Å². The third-order valence-corrected chi connectivity index (χ3v) is 1.55. The fourth-order valence-electron chi connectivity index (χ4n) is 0.887. The van der Waals surface area contributed by atoms with Crippen LogP contribution in [0.25, 0.3) is 0 Å². The fourth-order valence-corrected chi connectivity index (χ4v) is 0.887. The van der Waals surface area contributed by atoms with Gasteiger partial charge in [0.15, 0.2) is 0 Å². The fraction of sp³-hybridized carbons (Fsp3) is 0.182. The van der Waals surface area contributed by atoms with Gasteiger partial charge in [-0.05, 0) is 12.1 Å². The second-order valence-corrected chi connectivity index (χ2v) is 2.99. The van der Waals surface area contributed by atoms with Crippen LogP contribution >= 0.6 is 0 Å². The normalized spacial score (nSPS) is 8.32. The second-order valence-electron chi connectivity index (χ2n) is 2.99. The number of para-hydroxylation sites is 1. The molecule has 1 aromatic carbocycles. The van der Waals surface area contributed by atoms with Crippen molar-refractivity contribution in [1.82, 2.24) is 0 Å². The Bertz CT molecular complexity index is 449. The van der Waals surface area contributed by atoms with Crippen LogP contribution in [0.3, 0.4) is 0 Å². The van der Waals surface area contributed by atoms with Crippen LogP contribution in [0.4, 0.5) is 0 Å². The van der Waals surface area contributed by atoms with E-state index < -0.39 is 17.9 Å². The van der Waals surface area contributed by atoms with Gasteiger partial charge in [-0.2, -0.15) is 0 Å². The third-order valence-electron chi connectivity index (χ3n) is 1.55. The van der Waals surface area contributed by atoms with Crippen molar-refractivity contribution in [1.29, 1.82) is 0 Å². The molecule has 0 aliphatic rings. The van der Waals surface area contributed by atoms with Gasteiger partial charge in [0.2, 0.25) is 0 Å². The van der Waals surface area contributed by atoms with Crippen LogP contribution in [-0.2, 0) is 9.59 Å². The van der Waals surface area contributed by atoms with Gasteiger partial charge in [-0.3, -0.25) is 9.59 Å². The molecule has 7 nitrogen and oxygen atoms in total. The number of carbonyl (C=O) groups excluding carboxylic acids is 1. The van der Waals surface area contributed by atoms with Crippen LogP contribution in [0.5, 0.6) is 5.75 Å². The van der Waals surface area contributed by atoms with E-state index >= 15 is 0 Å². The number of aromatic carboxylic acids is 1. The first-order valence-corrected chi connectivity index (χ1v) is 4.81. The van der Waals surface area contributed by atoms with Gasteiger partial charge in [0.1, 0.15) is 11.3 Å². The number of benzene rings is 1. The van der Waals surface area contributed by atoms with E-state index in [4.69, 9.17) is 10.2 Å². The van der Waals surface area contributed by atoms with Crippen molar-refractivity contribution in [3.63, 3.8) is 0 Å². The van der Waals surface area contributed by atoms with Crippen LogP contribution in [0, 0.1) is 0 Å². The molecule has 0 amide bonds. The Labute approximate surface area is 139 Å². The van der Waals surface area contributed by atoms with Crippen LogP contribution in [-0.4, -0.2) is 72.4 Å². The smallest absolute Gasteiger partial charge is 0.480 e. The Morgan fingerprint density at radius 1 is 1.21 bits per heavy atom. The molecule has 0 aromatic heterocycles. The number of esters is 1. The Kier molecular flexibility index (Phi) is 11.4. The van der Waals surface area contributed by atoms with Gasteiger partial charge in [0.05, 0.1) is 6.54 Å². The number of nitrogens with two attached hydrogens (primary N) is 1. The molecule has 0 radical (unpaired) electrons. The topological polar surface area (TPSA) is 127 Å². The first kappa shape index (κ1) is 20.2. The van der Waals surface area contributed by atoms with E-state index in [2.05, 4.69) is 10.5 Å². The molecule has 0 unspecified atom stereocenters. The zero-order chi connectivity index (χ0) is 14.1. The van der Waals surface area contributed by atoms with E-state index in [1.54, 1.807) is 12.1 Å². The zero-order valence-electron chi connectivity index (χ0n) is 10.3. The Morgan fingerprint density at radius 2 is 1.68 bits per heavy atom. The number of rotatable bonds is 3. The standard InChI is InChI=1S/C9H8O4.C2H5NO2.Ca/c1-6(10)13-8-5-3-2-4-7(8)9(11)12;3-1-2(4)5;/h2-5H,1H3,(H,11,12);1,3H2,(H,4,5);/q;;+2. The average molecular weight is 295 g/mol. The Balaban J connectivity index is 0. The van der Waals surface area contributed by atoms with E-state index in [-0.39, 0.29) is 55.6 Å². The number of carboxylic acid groups (broad SMARTS) is 2. The van der Waals surface area contributed by atoms with Gasteiger partial charge >= 0.3 is 55.6 Å². The molecule has 0 fully saturated rings. The van der Waals surface area contributed by atoms with Crippen LogP contribution in [0.15, 0.2) is 24.3 Å². The largest absolute Gasteiger partial charge is 2.00 e. The van der Waals surface area contributed by atoms with Gasteiger partial charge in [0.25, 0.3) is 0 Å². The number of carbonyl (C=O) groups is 3. The summed E-state index contributed by atoms with van der Waals surface area (Å²) >= 11 is 0. The number of carboxylic acids is 2. The maximum atomic E-state index is 10.6. The van der Waals surface area contributed by atoms with Gasteiger partial charge in [-0.15, -0.1) is 0 Å². The molecule has 1 aromatic rings. The van der Waals surface area contributed by atoms with E-state index in [0.29, 0.717) is 0 Å². The molecule has 0 aliphatic heterocycles. The summed E-state index contributed by atoms with van der Waals surface area (Å²) < 4.78 is 4.69. The van der Waals surface area contributed by atoms with E-state index in [0.717, 1.165) is 0 Å². The molecule has 0 bridgehead atoms. The third kappa shape index (κ3) is 9.43. The molecule has 98 valence electrons. The first-order chi connectivity index (χ1) is 8.38. The summed E-state index contributed by atoms with van der Waals surface area (Å²) in [6.07, 6.45) is 0. The van der Waals surface area contributed by atoms with Crippen molar-refractivity contribution in [2.45, 2.75) is 6.92 Å². The Hall–Kier alpha value is -1.15. The molecule has 0 atom stereocenters. The van der Waals surface area contributed by atoms with Crippen molar-refractivity contribution in [3.05, 3.63) is 29.8 Å². The molecule has 0 aliphatic carbocycles. The molecular weight excluding hydrogens is 282 g/mol. The monoisotopic (exact) mass is 295 g/mol. The van der Waals surface area contributed by atoms with Crippen molar-refractivity contribution >= 4 is 55.6 Å². The molecule has 1 rings (SSSR count). The SMILES string of the molecule is CC(=O)Oc1ccccc1C(=O)O.NCC(=O)O.[Ca+2]. The summed E-state index contributed by atoms with van der Waals surface area (Å²) in [5.74, 6) is -2.54. The number of hydrogen-bond acceptors (Lipinski definition) is 5. The number of ether oxygens (including phenoxy) is 1. The molecule has 8 heteroatoms. The molecule has 4 N–H and O–H groups in total. The van der Waals surface area contributed by atoms with E-state index in [1.165, 1.54) is 19.1 Å². The van der Waals surface area contributed by atoms with Crippen LogP contribution in [0.1, 0.15) is 17.3 Å². The minimum absolute atomic E-state index is 0. The van der Waals surface area contributed by atoms with E-state index in [1.807, 2.05) is 0 Å². The molecule has 0 spiro atoms. The summed E-state index contributed by atoms with van der Waals surface area (Å²) in [7, 11) is 0. The summed E-state index contributed by atoms with van der Waals surface area (Å²) in [4.78, 5) is 30.4. The second kappa shape index (κ2) is 10.7. The molecule has 0 saturated heterocycles. The number of hydrogen-bond donors (Lipinski definition) is 3. The van der Waals surface area contributed by atoms with Crippen molar-refractivity contribution in [2.24, 2.45) is 5.73 Å². The van der Waals surface area contributed by atoms with Crippen LogP contribution < -0.4 is 10.5 Å². The van der Waals surface area contributed by atoms with Gasteiger partial charge < -0.3 is 20.7 Å². The minimum Gasteiger partial charge on any atom is -0.480 e. The Morgan fingerprint density at radius 3 is 2.05 bits per heavy atom. The molecule has 0 heterocycles. The zero-order valence-corrected chi connectivity index (χ0v) is 12.5. The molecule has 19 heavy (non-hydrogen) atoms. The van der Waals surface area contributed by atoms with Crippen molar-refractivity contribution in [3.8, 4) is 5.75 Å². The average Bonchev–Trinajstić information content (AvgIpc) is 2.29. The van der Waals surface area contributed by atoms with Crippen molar-refractivity contribution < 1.29 is 29.3 Å².